The average Bonchev–Trinajstić information content (AvgIpc) is 1.87. The van der Waals surface area contributed by atoms with Crippen LogP contribution in [0.5, 0.6) is 0 Å². The Bertz CT molecular complexity index is 145. The lowest BCUT2D eigenvalue weighted by atomic mass is 10.2. The summed E-state index contributed by atoms with van der Waals surface area (Å²) in [4.78, 5) is 10.4. The van der Waals surface area contributed by atoms with Gasteiger partial charge in [0, 0.05) is 15.7 Å². The smallest absolute Gasteiger partial charge is 0.330 e. The highest BCUT2D eigenvalue weighted by Gasteiger charge is 2.09. The Morgan fingerprint density at radius 1 is 1.70 bits per heavy atom. The van der Waals surface area contributed by atoms with Gasteiger partial charge in [0.1, 0.15) is 0 Å². The van der Waals surface area contributed by atoms with Crippen molar-refractivity contribution in [2.75, 3.05) is 5.33 Å². The molecular weight excluding hydrogens is 264 g/mol. The number of hydrogen-bond donors (Lipinski definition) is 1. The minimum absolute atomic E-state index is 0.163. The zero-order chi connectivity index (χ0) is 8.15. The molecule has 0 amide bonds. The predicted octanol–water partition coefficient (Wildman–Crippen LogP) is 2.18. The van der Waals surface area contributed by atoms with Crippen molar-refractivity contribution in [1.82, 2.24) is 0 Å². The highest BCUT2D eigenvalue weighted by Crippen LogP contribution is 2.13. The number of aliphatic carboxylic acids is 1. The second-order valence-electron chi connectivity index (χ2n) is 1.86. The number of halogens is 2. The fourth-order valence-electron chi connectivity index (χ4n) is 0.409. The Balaban J connectivity index is 3.68. The molecule has 4 heteroatoms. The van der Waals surface area contributed by atoms with Crippen LogP contribution in [0.4, 0.5) is 0 Å². The number of carboxylic acid groups (broad SMARTS) is 1. The topological polar surface area (TPSA) is 37.3 Å². The van der Waals surface area contributed by atoms with E-state index < -0.39 is 5.97 Å². The fraction of sp³-hybridized carbons (Fsp3) is 0.500. The molecule has 0 spiro atoms. The summed E-state index contributed by atoms with van der Waals surface area (Å²) in [7, 11) is 0. The van der Waals surface area contributed by atoms with Crippen LogP contribution < -0.4 is 0 Å². The Hall–Kier alpha value is 0.170. The minimum Gasteiger partial charge on any atom is -0.478 e. The molecule has 0 aliphatic rings. The summed E-state index contributed by atoms with van der Waals surface area (Å²) < 4.78 is 0. The first-order valence-corrected chi connectivity index (χ1v) is 4.72. The molecule has 0 heterocycles. The highest BCUT2D eigenvalue weighted by atomic mass is 79.9. The van der Waals surface area contributed by atoms with Crippen LogP contribution in [0, 0.1) is 0 Å². The minimum atomic E-state index is -0.926. The second kappa shape index (κ2) is 4.91. The monoisotopic (exact) mass is 270 g/mol. The van der Waals surface area contributed by atoms with Gasteiger partial charge in [-0.1, -0.05) is 38.4 Å². The molecule has 0 aromatic carbocycles. The average molecular weight is 272 g/mol. The summed E-state index contributed by atoms with van der Waals surface area (Å²) in [6.07, 6.45) is 0.473. The summed E-state index contributed by atoms with van der Waals surface area (Å²) in [5, 5.41) is 9.13. The van der Waals surface area contributed by atoms with Gasteiger partial charge < -0.3 is 5.11 Å². The van der Waals surface area contributed by atoms with Crippen molar-refractivity contribution >= 4 is 37.8 Å². The first kappa shape index (κ1) is 10.2. The van der Waals surface area contributed by atoms with Crippen molar-refractivity contribution in [1.29, 1.82) is 0 Å². The Kier molecular flexibility index (Phi) is 4.99. The number of carboxylic acids is 1. The Labute approximate surface area is 76.6 Å². The first-order chi connectivity index (χ1) is 4.57. The van der Waals surface area contributed by atoms with Gasteiger partial charge in [0.25, 0.3) is 0 Å². The molecule has 10 heavy (non-hydrogen) atoms. The quantitative estimate of drug-likeness (QED) is 0.629. The molecule has 0 rings (SSSR count). The van der Waals surface area contributed by atoms with Crippen LogP contribution in [0.1, 0.15) is 6.42 Å². The Morgan fingerprint density at radius 3 is 2.50 bits per heavy atom. The summed E-state index contributed by atoms with van der Waals surface area (Å²) in [6.45, 7) is 3.39. The van der Waals surface area contributed by atoms with E-state index in [1.807, 2.05) is 0 Å². The van der Waals surface area contributed by atoms with Crippen LogP contribution in [0.3, 0.4) is 0 Å². The van der Waals surface area contributed by atoms with Crippen molar-refractivity contribution in [3.63, 3.8) is 0 Å². The molecule has 0 aliphatic heterocycles. The molecule has 1 unspecified atom stereocenters. The van der Waals surface area contributed by atoms with E-state index in [1.165, 1.54) is 0 Å². The van der Waals surface area contributed by atoms with E-state index in [4.69, 9.17) is 5.11 Å². The summed E-state index contributed by atoms with van der Waals surface area (Å²) in [6, 6.07) is 0. The molecule has 2 nitrogen and oxygen atoms in total. The number of alkyl halides is 2. The van der Waals surface area contributed by atoms with Crippen LogP contribution >= 0.6 is 31.9 Å². The molecule has 58 valence electrons. The van der Waals surface area contributed by atoms with E-state index >= 15 is 0 Å². The molecule has 0 fully saturated rings. The van der Waals surface area contributed by atoms with Crippen LogP contribution in [-0.4, -0.2) is 21.2 Å². The van der Waals surface area contributed by atoms with Crippen molar-refractivity contribution < 1.29 is 9.90 Å². The maximum atomic E-state index is 10.2. The second-order valence-corrected chi connectivity index (χ2v) is 3.81. The standard InChI is InChI=1S/C6H8Br2O2/c1-4(6(9)10)2-5(8)3-7/h5H,1-3H2,(H,9,10). The molecule has 1 atom stereocenters. The van der Waals surface area contributed by atoms with Gasteiger partial charge in [-0.05, 0) is 6.42 Å². The van der Waals surface area contributed by atoms with E-state index in [2.05, 4.69) is 38.4 Å². The first-order valence-electron chi connectivity index (χ1n) is 2.69. The maximum Gasteiger partial charge on any atom is 0.330 e. The van der Waals surface area contributed by atoms with Crippen LogP contribution in [0.15, 0.2) is 12.2 Å². The lowest BCUT2D eigenvalue weighted by Gasteiger charge is -2.03. The summed E-state index contributed by atoms with van der Waals surface area (Å²) in [5.41, 5.74) is 0.237. The lowest BCUT2D eigenvalue weighted by Crippen LogP contribution is -2.06. The number of carbonyl (C=O) groups is 1. The van der Waals surface area contributed by atoms with Gasteiger partial charge >= 0.3 is 5.97 Å². The van der Waals surface area contributed by atoms with Crippen molar-refractivity contribution in [3.05, 3.63) is 12.2 Å². The van der Waals surface area contributed by atoms with Crippen molar-refractivity contribution in [2.24, 2.45) is 0 Å². The molecule has 0 radical (unpaired) electrons. The SMILES string of the molecule is C=C(CC(Br)CBr)C(=O)O. The van der Waals surface area contributed by atoms with Gasteiger partial charge in [-0.3, -0.25) is 0 Å². The van der Waals surface area contributed by atoms with E-state index in [0.717, 1.165) is 5.33 Å². The van der Waals surface area contributed by atoms with Gasteiger partial charge in [0.2, 0.25) is 0 Å². The maximum absolute atomic E-state index is 10.2. The summed E-state index contributed by atoms with van der Waals surface area (Å²) in [5.74, 6) is -0.926. The number of hydrogen-bond acceptors (Lipinski definition) is 1. The number of rotatable bonds is 4. The molecular formula is C6H8Br2O2. The van der Waals surface area contributed by atoms with Gasteiger partial charge in [0.15, 0.2) is 0 Å². The third-order valence-corrected chi connectivity index (χ3v) is 3.24. The third kappa shape index (κ3) is 4.06. The fourth-order valence-corrected chi connectivity index (χ4v) is 1.03. The van der Waals surface area contributed by atoms with Gasteiger partial charge in [-0.15, -0.1) is 0 Å². The normalized spacial score (nSPS) is 12.6. The zero-order valence-corrected chi connectivity index (χ0v) is 8.48. The third-order valence-electron chi connectivity index (χ3n) is 0.938. The van der Waals surface area contributed by atoms with Crippen LogP contribution in [0.25, 0.3) is 0 Å². The molecule has 0 aromatic heterocycles. The largest absolute Gasteiger partial charge is 0.478 e. The van der Waals surface area contributed by atoms with Crippen LogP contribution in [-0.2, 0) is 4.79 Å². The molecule has 0 aromatic rings. The molecule has 0 saturated heterocycles. The van der Waals surface area contributed by atoms with E-state index in [-0.39, 0.29) is 10.4 Å². The van der Waals surface area contributed by atoms with E-state index in [0.29, 0.717) is 6.42 Å². The van der Waals surface area contributed by atoms with E-state index in [9.17, 15) is 4.79 Å². The van der Waals surface area contributed by atoms with Gasteiger partial charge in [0.05, 0.1) is 0 Å². The zero-order valence-electron chi connectivity index (χ0n) is 5.31. The van der Waals surface area contributed by atoms with Crippen molar-refractivity contribution in [3.8, 4) is 0 Å². The predicted molar refractivity (Wildman–Crippen MR) is 47.9 cm³/mol. The van der Waals surface area contributed by atoms with Gasteiger partial charge in [-0.2, -0.15) is 0 Å². The highest BCUT2D eigenvalue weighted by molar-refractivity contribution is 9.12. The lowest BCUT2D eigenvalue weighted by molar-refractivity contribution is -0.132. The van der Waals surface area contributed by atoms with E-state index in [1.54, 1.807) is 0 Å². The molecule has 0 bridgehead atoms. The molecule has 1 N–H and O–H groups in total. The summed E-state index contributed by atoms with van der Waals surface area (Å²) >= 11 is 6.49. The Morgan fingerprint density at radius 2 is 2.20 bits per heavy atom. The van der Waals surface area contributed by atoms with Crippen LogP contribution in [0.2, 0.25) is 0 Å². The molecule has 0 saturated carbocycles. The van der Waals surface area contributed by atoms with Gasteiger partial charge in [-0.25, -0.2) is 4.79 Å². The van der Waals surface area contributed by atoms with Crippen molar-refractivity contribution in [2.45, 2.75) is 11.2 Å². The molecule has 0 aliphatic carbocycles.